The Labute approximate surface area is 183 Å². The lowest BCUT2D eigenvalue weighted by Crippen LogP contribution is -2.34. The number of nitrogens with one attached hydrogen (secondary N) is 1. The molecule has 1 saturated heterocycles. The second-order valence-corrected chi connectivity index (χ2v) is 8.25. The lowest BCUT2D eigenvalue weighted by Gasteiger charge is -2.14. The van der Waals surface area contributed by atoms with E-state index in [9.17, 15) is 14.4 Å². The first-order valence-corrected chi connectivity index (χ1v) is 10.9. The Bertz CT molecular complexity index is 1020. The van der Waals surface area contributed by atoms with E-state index < -0.39 is 0 Å². The minimum Gasteiger partial charge on any atom is -0.493 e. The van der Waals surface area contributed by atoms with Gasteiger partial charge < -0.3 is 14.8 Å². The maximum Gasteiger partial charge on any atom is 0.233 e. The SMILES string of the molecule is COc1ccc(-c2csc(NC(=O)CCN3C(=O)C4CC=CCC4C3=O)n2)cc1OC. The summed E-state index contributed by atoms with van der Waals surface area (Å²) in [5.74, 6) is 0.0363. The van der Waals surface area contributed by atoms with Crippen molar-refractivity contribution in [3.63, 3.8) is 0 Å². The van der Waals surface area contributed by atoms with Crippen LogP contribution in [0.5, 0.6) is 11.5 Å². The number of imide groups is 1. The number of thiazole rings is 1. The summed E-state index contributed by atoms with van der Waals surface area (Å²) in [6.07, 6.45) is 5.11. The van der Waals surface area contributed by atoms with E-state index in [2.05, 4.69) is 10.3 Å². The van der Waals surface area contributed by atoms with Crippen LogP contribution in [0.3, 0.4) is 0 Å². The highest BCUT2D eigenvalue weighted by atomic mass is 32.1. The number of hydrogen-bond acceptors (Lipinski definition) is 7. The molecule has 1 N–H and O–H groups in total. The van der Waals surface area contributed by atoms with E-state index in [1.165, 1.54) is 16.2 Å². The number of benzene rings is 1. The maximum absolute atomic E-state index is 12.5. The molecule has 4 rings (SSSR count). The summed E-state index contributed by atoms with van der Waals surface area (Å²) < 4.78 is 10.6. The highest BCUT2D eigenvalue weighted by Gasteiger charge is 2.46. The number of ether oxygens (including phenoxy) is 2. The first kappa shape index (κ1) is 21.0. The standard InChI is InChI=1S/C22H23N3O5S/c1-29-17-8-7-13(11-18(17)30-2)16-12-31-22(23-16)24-19(26)9-10-25-20(27)14-5-3-4-6-15(14)21(25)28/h3-4,7-8,11-12,14-15H,5-6,9-10H2,1-2H3,(H,23,24,26). The molecule has 1 aliphatic heterocycles. The van der Waals surface area contributed by atoms with Crippen molar-refractivity contribution in [3.05, 3.63) is 35.7 Å². The van der Waals surface area contributed by atoms with E-state index in [0.29, 0.717) is 35.2 Å². The van der Waals surface area contributed by atoms with Crippen molar-refractivity contribution in [1.82, 2.24) is 9.88 Å². The Morgan fingerprint density at radius 1 is 1.13 bits per heavy atom. The minimum absolute atomic E-state index is 0.0373. The largest absolute Gasteiger partial charge is 0.493 e. The zero-order valence-electron chi connectivity index (χ0n) is 17.3. The summed E-state index contributed by atoms with van der Waals surface area (Å²) in [6, 6.07) is 5.47. The molecule has 0 bridgehead atoms. The Morgan fingerprint density at radius 2 is 1.81 bits per heavy atom. The quantitative estimate of drug-likeness (QED) is 0.524. The summed E-state index contributed by atoms with van der Waals surface area (Å²) in [6.45, 7) is 0.0877. The molecule has 1 aromatic heterocycles. The Balaban J connectivity index is 1.35. The van der Waals surface area contributed by atoms with Gasteiger partial charge in [0.15, 0.2) is 16.6 Å². The molecule has 31 heavy (non-hydrogen) atoms. The van der Waals surface area contributed by atoms with Crippen molar-refractivity contribution in [2.45, 2.75) is 19.3 Å². The van der Waals surface area contributed by atoms with Gasteiger partial charge in [0.25, 0.3) is 0 Å². The molecule has 2 heterocycles. The van der Waals surface area contributed by atoms with Crippen LogP contribution in [0.15, 0.2) is 35.7 Å². The Kier molecular flexibility index (Phi) is 6.03. The summed E-state index contributed by atoms with van der Waals surface area (Å²) in [7, 11) is 3.14. The lowest BCUT2D eigenvalue weighted by atomic mass is 9.85. The third-order valence-corrected chi connectivity index (χ3v) is 6.35. The number of allylic oxidation sites excluding steroid dienone is 2. The zero-order valence-corrected chi connectivity index (χ0v) is 18.1. The van der Waals surface area contributed by atoms with Gasteiger partial charge in [0.05, 0.1) is 31.7 Å². The number of nitrogens with zero attached hydrogens (tertiary/aromatic N) is 2. The number of fused-ring (bicyclic) bond motifs is 1. The van der Waals surface area contributed by atoms with E-state index in [1.807, 2.05) is 29.7 Å². The topological polar surface area (TPSA) is 97.8 Å². The van der Waals surface area contributed by atoms with Crippen LogP contribution in [0.2, 0.25) is 0 Å². The molecule has 3 amide bonds. The second kappa shape index (κ2) is 8.89. The van der Waals surface area contributed by atoms with Crippen LogP contribution in [0.25, 0.3) is 11.3 Å². The Hall–Kier alpha value is -3.20. The van der Waals surface area contributed by atoms with Gasteiger partial charge in [-0.25, -0.2) is 4.98 Å². The number of aromatic nitrogens is 1. The average Bonchev–Trinajstić information content (AvgIpc) is 3.35. The molecule has 2 aromatic rings. The van der Waals surface area contributed by atoms with E-state index in [0.717, 1.165) is 5.56 Å². The molecule has 0 saturated carbocycles. The third kappa shape index (κ3) is 4.18. The van der Waals surface area contributed by atoms with Crippen LogP contribution in [0.1, 0.15) is 19.3 Å². The van der Waals surface area contributed by atoms with Gasteiger partial charge in [0.1, 0.15) is 0 Å². The molecule has 1 fully saturated rings. The van der Waals surface area contributed by atoms with Gasteiger partial charge in [-0.05, 0) is 31.0 Å². The molecule has 1 aromatic carbocycles. The lowest BCUT2D eigenvalue weighted by molar-refractivity contribution is -0.140. The smallest absolute Gasteiger partial charge is 0.233 e. The summed E-state index contributed by atoms with van der Waals surface area (Å²) >= 11 is 1.30. The molecule has 1 aliphatic carbocycles. The fourth-order valence-electron chi connectivity index (χ4n) is 3.94. The number of rotatable bonds is 7. The number of hydrogen-bond donors (Lipinski definition) is 1. The molecule has 2 aliphatic rings. The van der Waals surface area contributed by atoms with Crippen LogP contribution < -0.4 is 14.8 Å². The summed E-state index contributed by atoms with van der Waals surface area (Å²) in [4.78, 5) is 43.1. The van der Waals surface area contributed by atoms with Crippen LogP contribution in [0.4, 0.5) is 5.13 Å². The summed E-state index contributed by atoms with van der Waals surface area (Å²) in [5, 5.41) is 5.04. The van der Waals surface area contributed by atoms with Gasteiger partial charge >= 0.3 is 0 Å². The van der Waals surface area contributed by atoms with E-state index in [4.69, 9.17) is 9.47 Å². The first-order chi connectivity index (χ1) is 15.0. The molecular formula is C22H23N3O5S. The first-order valence-electron chi connectivity index (χ1n) is 9.99. The predicted octanol–water partition coefficient (Wildman–Crippen LogP) is 3.11. The van der Waals surface area contributed by atoms with Crippen LogP contribution >= 0.6 is 11.3 Å². The molecule has 2 unspecified atom stereocenters. The van der Waals surface area contributed by atoms with Crippen molar-refractivity contribution in [2.24, 2.45) is 11.8 Å². The zero-order chi connectivity index (χ0) is 22.0. The van der Waals surface area contributed by atoms with Crippen molar-refractivity contribution < 1.29 is 23.9 Å². The van der Waals surface area contributed by atoms with Crippen molar-refractivity contribution >= 4 is 34.2 Å². The van der Waals surface area contributed by atoms with Crippen molar-refractivity contribution in [1.29, 1.82) is 0 Å². The fourth-order valence-corrected chi connectivity index (χ4v) is 4.68. The van der Waals surface area contributed by atoms with Gasteiger partial charge in [0, 0.05) is 23.9 Å². The van der Waals surface area contributed by atoms with Gasteiger partial charge in [-0.2, -0.15) is 0 Å². The molecule has 162 valence electrons. The average molecular weight is 442 g/mol. The van der Waals surface area contributed by atoms with E-state index in [1.54, 1.807) is 20.3 Å². The van der Waals surface area contributed by atoms with Gasteiger partial charge in [-0.1, -0.05) is 12.2 Å². The predicted molar refractivity (Wildman–Crippen MR) is 116 cm³/mol. The van der Waals surface area contributed by atoms with Crippen molar-refractivity contribution in [3.8, 4) is 22.8 Å². The number of carbonyl (C=O) groups is 3. The van der Waals surface area contributed by atoms with E-state index in [-0.39, 0.29) is 42.5 Å². The molecule has 0 spiro atoms. The van der Waals surface area contributed by atoms with Crippen LogP contribution in [-0.4, -0.2) is 48.4 Å². The molecule has 0 radical (unpaired) electrons. The minimum atomic E-state index is -0.290. The number of carbonyl (C=O) groups excluding carboxylic acids is 3. The molecule has 2 atom stereocenters. The Morgan fingerprint density at radius 3 is 2.45 bits per heavy atom. The van der Waals surface area contributed by atoms with Gasteiger partial charge in [-0.3, -0.25) is 19.3 Å². The summed E-state index contributed by atoms with van der Waals surface area (Å²) in [5.41, 5.74) is 1.53. The van der Waals surface area contributed by atoms with Gasteiger partial charge in [0.2, 0.25) is 17.7 Å². The molecular weight excluding hydrogens is 418 g/mol. The fraction of sp³-hybridized carbons (Fsp3) is 0.364. The van der Waals surface area contributed by atoms with Gasteiger partial charge in [-0.15, -0.1) is 11.3 Å². The monoisotopic (exact) mass is 441 g/mol. The third-order valence-electron chi connectivity index (χ3n) is 5.59. The highest BCUT2D eigenvalue weighted by molar-refractivity contribution is 7.14. The van der Waals surface area contributed by atoms with Crippen LogP contribution in [0, 0.1) is 11.8 Å². The second-order valence-electron chi connectivity index (χ2n) is 7.39. The number of amides is 3. The number of anilines is 1. The number of methoxy groups -OCH3 is 2. The van der Waals surface area contributed by atoms with Crippen LogP contribution in [-0.2, 0) is 14.4 Å². The van der Waals surface area contributed by atoms with E-state index >= 15 is 0 Å². The number of likely N-dealkylation sites (tertiary alicyclic amines) is 1. The maximum atomic E-state index is 12.5. The molecule has 8 nitrogen and oxygen atoms in total. The highest BCUT2D eigenvalue weighted by Crippen LogP contribution is 2.35. The van der Waals surface area contributed by atoms with Crippen molar-refractivity contribution in [2.75, 3.05) is 26.1 Å². The normalized spacial score (nSPS) is 20.0. The molecule has 9 heteroatoms.